The maximum Gasteiger partial charge on any atom is 0.431 e. The molecular weight excluding hydrogens is 157 g/mol. The lowest BCUT2D eigenvalue weighted by molar-refractivity contribution is -0.0952. The molecule has 0 aromatic rings. The molecule has 0 aromatic heterocycles. The van der Waals surface area contributed by atoms with E-state index >= 15 is 0 Å². The maximum absolute atomic E-state index is 11.9. The molecule has 0 saturated carbocycles. The second-order valence-corrected chi connectivity index (χ2v) is 2.17. The molecule has 11 heavy (non-hydrogen) atoms. The smallest absolute Gasteiger partial charge is 0.341 e. The first-order chi connectivity index (χ1) is 5.00. The standard InChI is InChI=1S/C6H7F3N2/c1-4-10-3-2-5(11-4)6(7,8)9/h2H,3H2,1H3,(H,10,11). The van der Waals surface area contributed by atoms with Crippen molar-refractivity contribution in [3.05, 3.63) is 11.8 Å². The average Bonchev–Trinajstić information content (AvgIpc) is 1.86. The van der Waals surface area contributed by atoms with Crippen molar-refractivity contribution in [2.75, 3.05) is 6.54 Å². The van der Waals surface area contributed by atoms with Crippen LogP contribution in [-0.2, 0) is 0 Å². The summed E-state index contributed by atoms with van der Waals surface area (Å²) in [5.74, 6) is 0.305. The fraction of sp³-hybridized carbons (Fsp3) is 0.500. The molecule has 2 nitrogen and oxygen atoms in total. The fourth-order valence-electron chi connectivity index (χ4n) is 0.746. The largest absolute Gasteiger partial charge is 0.431 e. The van der Waals surface area contributed by atoms with Gasteiger partial charge in [0.25, 0.3) is 0 Å². The van der Waals surface area contributed by atoms with E-state index < -0.39 is 11.9 Å². The van der Waals surface area contributed by atoms with E-state index in [1.165, 1.54) is 6.92 Å². The van der Waals surface area contributed by atoms with Crippen LogP contribution in [0.2, 0.25) is 0 Å². The molecule has 5 heteroatoms. The molecule has 0 aromatic carbocycles. The molecule has 1 rings (SSSR count). The summed E-state index contributed by atoms with van der Waals surface area (Å²) in [6, 6.07) is 0. The van der Waals surface area contributed by atoms with Crippen LogP contribution in [0, 0.1) is 0 Å². The van der Waals surface area contributed by atoms with Crippen LogP contribution in [0.25, 0.3) is 0 Å². The molecule has 0 bridgehead atoms. The summed E-state index contributed by atoms with van der Waals surface area (Å²) in [6.45, 7) is 1.60. The van der Waals surface area contributed by atoms with Gasteiger partial charge in [0.1, 0.15) is 5.70 Å². The number of allylic oxidation sites excluding steroid dienone is 1. The third-order valence-electron chi connectivity index (χ3n) is 1.24. The zero-order valence-electron chi connectivity index (χ0n) is 5.87. The first-order valence-electron chi connectivity index (χ1n) is 3.05. The quantitative estimate of drug-likeness (QED) is 0.575. The topological polar surface area (TPSA) is 24.4 Å². The Labute approximate surface area is 61.8 Å². The van der Waals surface area contributed by atoms with E-state index in [9.17, 15) is 13.2 Å². The maximum atomic E-state index is 11.9. The molecule has 62 valence electrons. The summed E-state index contributed by atoms with van der Waals surface area (Å²) >= 11 is 0. The van der Waals surface area contributed by atoms with Crippen molar-refractivity contribution in [3.63, 3.8) is 0 Å². The average molecular weight is 164 g/mol. The first kappa shape index (κ1) is 8.10. The Kier molecular flexibility index (Phi) is 1.89. The number of nitrogens with one attached hydrogen (secondary N) is 1. The van der Waals surface area contributed by atoms with E-state index in [2.05, 4.69) is 10.3 Å². The highest BCUT2D eigenvalue weighted by molar-refractivity contribution is 5.82. The molecule has 0 radical (unpaired) electrons. The molecule has 0 aliphatic carbocycles. The normalized spacial score (nSPS) is 18.5. The van der Waals surface area contributed by atoms with Crippen LogP contribution in [0.1, 0.15) is 6.92 Å². The lowest BCUT2D eigenvalue weighted by atomic mass is 10.3. The van der Waals surface area contributed by atoms with Gasteiger partial charge in [0, 0.05) is 0 Å². The van der Waals surface area contributed by atoms with Gasteiger partial charge in [-0.3, -0.25) is 4.99 Å². The highest BCUT2D eigenvalue weighted by atomic mass is 19.4. The van der Waals surface area contributed by atoms with Gasteiger partial charge < -0.3 is 5.32 Å². The van der Waals surface area contributed by atoms with Crippen molar-refractivity contribution in [1.29, 1.82) is 0 Å². The van der Waals surface area contributed by atoms with E-state index in [1.54, 1.807) is 0 Å². The Morgan fingerprint density at radius 3 is 2.55 bits per heavy atom. The van der Waals surface area contributed by atoms with Gasteiger partial charge in [-0.05, 0) is 13.0 Å². The van der Waals surface area contributed by atoms with Crippen LogP contribution in [0.15, 0.2) is 16.8 Å². The number of halogens is 3. The number of hydrogen-bond acceptors (Lipinski definition) is 2. The van der Waals surface area contributed by atoms with Crippen molar-refractivity contribution in [3.8, 4) is 0 Å². The highest BCUT2D eigenvalue weighted by Gasteiger charge is 2.34. The zero-order valence-corrected chi connectivity index (χ0v) is 5.87. The van der Waals surface area contributed by atoms with E-state index in [0.29, 0.717) is 5.84 Å². The van der Waals surface area contributed by atoms with E-state index in [-0.39, 0.29) is 6.54 Å². The molecular formula is C6H7F3N2. The van der Waals surface area contributed by atoms with Gasteiger partial charge in [-0.2, -0.15) is 13.2 Å². The van der Waals surface area contributed by atoms with Gasteiger partial charge in [0.2, 0.25) is 0 Å². The molecule has 0 amide bonds. The summed E-state index contributed by atoms with van der Waals surface area (Å²) in [5, 5.41) is 2.14. The number of hydrogen-bond donors (Lipinski definition) is 1. The predicted octanol–water partition coefficient (Wildman–Crippen LogP) is 1.45. The molecule has 0 unspecified atom stereocenters. The van der Waals surface area contributed by atoms with Crippen LogP contribution >= 0.6 is 0 Å². The number of alkyl halides is 3. The van der Waals surface area contributed by atoms with Crippen LogP contribution < -0.4 is 5.32 Å². The minimum atomic E-state index is -4.28. The Balaban J connectivity index is 2.70. The van der Waals surface area contributed by atoms with Crippen molar-refractivity contribution >= 4 is 5.84 Å². The van der Waals surface area contributed by atoms with E-state index in [1.807, 2.05) is 0 Å². The lowest BCUT2D eigenvalue weighted by Gasteiger charge is -2.16. The summed E-state index contributed by atoms with van der Waals surface area (Å²) in [4.78, 5) is 3.72. The summed E-state index contributed by atoms with van der Waals surface area (Å²) in [6.07, 6.45) is -3.26. The van der Waals surface area contributed by atoms with Crippen LogP contribution in [0.4, 0.5) is 13.2 Å². The van der Waals surface area contributed by atoms with Crippen molar-refractivity contribution < 1.29 is 13.2 Å². The van der Waals surface area contributed by atoms with E-state index in [4.69, 9.17) is 0 Å². The SMILES string of the molecule is CC1=NCC=C(C(F)(F)F)N1. The van der Waals surface area contributed by atoms with Gasteiger partial charge in [0.05, 0.1) is 12.4 Å². The van der Waals surface area contributed by atoms with Gasteiger partial charge in [0.15, 0.2) is 0 Å². The van der Waals surface area contributed by atoms with Gasteiger partial charge in [-0.25, -0.2) is 0 Å². The van der Waals surface area contributed by atoms with Crippen molar-refractivity contribution in [2.24, 2.45) is 4.99 Å². The molecule has 1 heterocycles. The Bertz CT molecular complexity index is 214. The molecule has 0 atom stereocenters. The van der Waals surface area contributed by atoms with Gasteiger partial charge >= 0.3 is 6.18 Å². The Morgan fingerprint density at radius 1 is 1.55 bits per heavy atom. The molecule has 1 aliphatic heterocycles. The molecule has 0 saturated heterocycles. The molecule has 1 N–H and O–H groups in total. The Morgan fingerprint density at radius 2 is 2.18 bits per heavy atom. The number of aliphatic imine (C=N–C) groups is 1. The Hall–Kier alpha value is -1.00. The second kappa shape index (κ2) is 2.56. The van der Waals surface area contributed by atoms with Crippen LogP contribution in [0.5, 0.6) is 0 Å². The lowest BCUT2D eigenvalue weighted by Crippen LogP contribution is -2.32. The number of nitrogens with zero attached hydrogens (tertiary/aromatic N) is 1. The fourth-order valence-corrected chi connectivity index (χ4v) is 0.746. The van der Waals surface area contributed by atoms with Crippen LogP contribution in [-0.4, -0.2) is 18.6 Å². The van der Waals surface area contributed by atoms with Crippen LogP contribution in [0.3, 0.4) is 0 Å². The highest BCUT2D eigenvalue weighted by Crippen LogP contribution is 2.24. The second-order valence-electron chi connectivity index (χ2n) is 2.17. The third kappa shape index (κ3) is 1.96. The number of amidine groups is 1. The summed E-state index contributed by atoms with van der Waals surface area (Å²) < 4.78 is 35.8. The molecule has 0 spiro atoms. The summed E-state index contributed by atoms with van der Waals surface area (Å²) in [7, 11) is 0. The van der Waals surface area contributed by atoms with Gasteiger partial charge in [-0.1, -0.05) is 0 Å². The molecule has 0 fully saturated rings. The van der Waals surface area contributed by atoms with Crippen molar-refractivity contribution in [1.82, 2.24) is 5.32 Å². The minimum absolute atomic E-state index is 0.105. The number of rotatable bonds is 0. The van der Waals surface area contributed by atoms with Gasteiger partial charge in [-0.15, -0.1) is 0 Å². The monoisotopic (exact) mass is 164 g/mol. The zero-order chi connectivity index (χ0) is 8.48. The minimum Gasteiger partial charge on any atom is -0.341 e. The van der Waals surface area contributed by atoms with Crippen molar-refractivity contribution in [2.45, 2.75) is 13.1 Å². The first-order valence-corrected chi connectivity index (χ1v) is 3.05. The summed E-state index contributed by atoms with van der Waals surface area (Å²) in [5.41, 5.74) is -0.718. The van der Waals surface area contributed by atoms with E-state index in [0.717, 1.165) is 6.08 Å². The third-order valence-corrected chi connectivity index (χ3v) is 1.24. The predicted molar refractivity (Wildman–Crippen MR) is 35.2 cm³/mol. The molecule has 1 aliphatic rings.